The van der Waals surface area contributed by atoms with E-state index in [2.05, 4.69) is 57.5 Å². The summed E-state index contributed by atoms with van der Waals surface area (Å²) < 4.78 is 0. The molecule has 79 heavy (non-hydrogen) atoms. The molecule has 8 N–H and O–H groups in total. The van der Waals surface area contributed by atoms with Gasteiger partial charge in [0.25, 0.3) is 17.7 Å². The van der Waals surface area contributed by atoms with E-state index in [1.54, 1.807) is 87.9 Å². The predicted molar refractivity (Wildman–Crippen MR) is 315 cm³/mol. The Morgan fingerprint density at radius 2 is 0.785 bits per heavy atom. The number of pyridine rings is 3. The first kappa shape index (κ1) is 55.4. The number of benzene rings is 5. The molecule has 402 valence electrons. The van der Waals surface area contributed by atoms with Crippen LogP contribution in [0.5, 0.6) is 0 Å². The molecule has 5 heterocycles. The monoisotopic (exact) mass is 1080 g/mol. The largest absolute Gasteiger partial charge is 0.355 e. The molecule has 0 bridgehead atoms. The molecule has 0 aliphatic carbocycles. The van der Waals surface area contributed by atoms with Crippen molar-refractivity contribution in [3.8, 4) is 0 Å². The van der Waals surface area contributed by atoms with Gasteiger partial charge in [0.2, 0.25) is 11.8 Å². The topological polar surface area (TPSA) is 227 Å². The molecule has 0 saturated heterocycles. The van der Waals surface area contributed by atoms with Crippen LogP contribution in [-0.4, -0.2) is 79.7 Å². The second kappa shape index (κ2) is 24.9. The third-order valence-corrected chi connectivity index (χ3v) is 13.3. The molecule has 0 unspecified atom stereocenters. The number of nitrogens with one attached hydrogen (secondary N) is 8. The highest BCUT2D eigenvalue weighted by Gasteiger charge is 2.25. The molecule has 5 amide bonds. The van der Waals surface area contributed by atoms with E-state index >= 15 is 0 Å². The van der Waals surface area contributed by atoms with Crippen molar-refractivity contribution in [2.24, 2.45) is 0 Å². The van der Waals surface area contributed by atoms with E-state index in [4.69, 9.17) is 11.6 Å². The Morgan fingerprint density at radius 1 is 0.443 bits per heavy atom. The summed E-state index contributed by atoms with van der Waals surface area (Å²) in [7, 11) is 8.41. The molecule has 8 aromatic rings. The first-order chi connectivity index (χ1) is 38.0. The smallest absolute Gasteiger partial charge is 0.253 e. The number of likely N-dealkylation sites (N-methyl/N-ethyl adjacent to an activating group) is 2. The summed E-state index contributed by atoms with van der Waals surface area (Å²) in [6, 6.07) is 39.3. The Morgan fingerprint density at radius 3 is 1.15 bits per heavy atom. The van der Waals surface area contributed by atoms with E-state index in [1.807, 2.05) is 124 Å². The van der Waals surface area contributed by atoms with E-state index in [9.17, 15) is 24.0 Å². The maximum absolute atomic E-state index is 12.2. The maximum atomic E-state index is 12.2. The normalized spacial score (nSPS) is 11.9. The standard InChI is InChI=1S/2C23H23N5O2.C14H14ClN3O/c2*1-14-13-25-21(26-16-8-9-20-15(10-16)11-22(29)28(20)3)12-19(14)27-18-7-5-4-6-17(18)23(30)24-2;1-9-8-17-13(15)7-12(9)18-11-6-4-3-5-10(11)14(19)16-2/h2*4-10,12-13H,11H2,1-3H3,(H,24,30)(H2,25,26,27);3-8H,1-2H3,(H,16,19)(H,17,18). The van der Waals surface area contributed by atoms with Crippen molar-refractivity contribution in [1.29, 1.82) is 0 Å². The first-order valence-corrected chi connectivity index (χ1v) is 25.5. The molecule has 0 saturated carbocycles. The van der Waals surface area contributed by atoms with Gasteiger partial charge in [0.15, 0.2) is 0 Å². The van der Waals surface area contributed by atoms with Gasteiger partial charge < -0.3 is 52.3 Å². The zero-order valence-electron chi connectivity index (χ0n) is 44.9. The van der Waals surface area contributed by atoms with E-state index in [0.717, 1.165) is 84.7 Å². The average molecular weight is 1080 g/mol. The van der Waals surface area contributed by atoms with Gasteiger partial charge in [0, 0.05) is 106 Å². The van der Waals surface area contributed by atoms with E-state index in [-0.39, 0.29) is 29.5 Å². The second-order valence-corrected chi connectivity index (χ2v) is 18.9. The van der Waals surface area contributed by atoms with Gasteiger partial charge in [-0.2, -0.15) is 0 Å². The number of hydrogen-bond acceptors (Lipinski definition) is 13. The quantitative estimate of drug-likeness (QED) is 0.0504. The molecule has 2 aliphatic heterocycles. The fourth-order valence-electron chi connectivity index (χ4n) is 8.69. The number of halogens is 1. The van der Waals surface area contributed by atoms with Crippen molar-refractivity contribution < 1.29 is 24.0 Å². The Balaban J connectivity index is 0.000000161. The number of aryl methyl sites for hydroxylation is 3. The van der Waals surface area contributed by atoms with E-state index in [1.165, 1.54) is 0 Å². The van der Waals surface area contributed by atoms with Gasteiger partial charge in [-0.15, -0.1) is 0 Å². The molecule has 0 radical (unpaired) electrons. The van der Waals surface area contributed by atoms with Crippen molar-refractivity contribution in [3.63, 3.8) is 0 Å². The summed E-state index contributed by atoms with van der Waals surface area (Å²) in [5.74, 6) is 1.08. The fraction of sp³-hybridized carbons (Fsp3) is 0.167. The molecule has 10 rings (SSSR count). The predicted octanol–water partition coefficient (Wildman–Crippen LogP) is 10.7. The van der Waals surface area contributed by atoms with Crippen LogP contribution in [0.1, 0.15) is 58.9 Å². The molecule has 18 nitrogen and oxygen atoms in total. The van der Waals surface area contributed by atoms with Gasteiger partial charge in [0.05, 0.1) is 46.6 Å². The second-order valence-electron chi connectivity index (χ2n) is 18.5. The van der Waals surface area contributed by atoms with Crippen LogP contribution < -0.4 is 52.3 Å². The average Bonchev–Trinajstić information content (AvgIpc) is 3.96. The van der Waals surface area contributed by atoms with Crippen molar-refractivity contribution in [2.75, 3.05) is 71.6 Å². The van der Waals surface area contributed by atoms with Crippen LogP contribution in [-0.2, 0) is 22.4 Å². The van der Waals surface area contributed by atoms with Gasteiger partial charge in [0.1, 0.15) is 16.8 Å². The van der Waals surface area contributed by atoms with E-state index < -0.39 is 0 Å². The Bertz CT molecular complexity index is 3450. The van der Waals surface area contributed by atoms with Gasteiger partial charge in [-0.3, -0.25) is 24.0 Å². The molecule has 0 atom stereocenters. The number of amides is 5. The van der Waals surface area contributed by atoms with Gasteiger partial charge >= 0.3 is 0 Å². The van der Waals surface area contributed by atoms with Gasteiger partial charge in [-0.05, 0) is 127 Å². The first-order valence-electron chi connectivity index (χ1n) is 25.2. The Kier molecular flexibility index (Phi) is 17.5. The number of hydrogen-bond donors (Lipinski definition) is 8. The van der Waals surface area contributed by atoms with Crippen LogP contribution in [0.25, 0.3) is 0 Å². The van der Waals surface area contributed by atoms with Crippen molar-refractivity contribution in [1.82, 2.24) is 30.9 Å². The van der Waals surface area contributed by atoms with Crippen LogP contribution >= 0.6 is 11.6 Å². The lowest BCUT2D eigenvalue weighted by atomic mass is 10.1. The molecule has 19 heteroatoms. The van der Waals surface area contributed by atoms with Crippen molar-refractivity contribution >= 4 is 110 Å². The highest BCUT2D eigenvalue weighted by molar-refractivity contribution is 6.29. The summed E-state index contributed by atoms with van der Waals surface area (Å²) in [6.45, 7) is 5.84. The van der Waals surface area contributed by atoms with E-state index in [0.29, 0.717) is 46.3 Å². The molecule has 2 aliphatic rings. The fourth-order valence-corrected chi connectivity index (χ4v) is 8.85. The number of nitrogens with zero attached hydrogens (tertiary/aromatic N) is 5. The van der Waals surface area contributed by atoms with Crippen LogP contribution in [0.3, 0.4) is 0 Å². The van der Waals surface area contributed by atoms with Crippen molar-refractivity contribution in [3.05, 3.63) is 196 Å². The highest BCUT2D eigenvalue weighted by Crippen LogP contribution is 2.34. The zero-order chi connectivity index (χ0) is 56.3. The number of para-hydroxylation sites is 3. The highest BCUT2D eigenvalue weighted by atomic mass is 35.5. The number of fused-ring (bicyclic) bond motifs is 2. The minimum absolute atomic E-state index is 0.0943. The molecule has 0 fully saturated rings. The number of rotatable bonds is 13. The zero-order valence-corrected chi connectivity index (χ0v) is 45.7. The van der Waals surface area contributed by atoms with Crippen LogP contribution in [0.15, 0.2) is 146 Å². The van der Waals surface area contributed by atoms with Crippen LogP contribution in [0.4, 0.5) is 68.5 Å². The van der Waals surface area contributed by atoms with Gasteiger partial charge in [-0.1, -0.05) is 48.0 Å². The Hall–Kier alpha value is -9.81. The lowest BCUT2D eigenvalue weighted by Gasteiger charge is -2.15. The molecular weight excluding hydrogens is 1020 g/mol. The van der Waals surface area contributed by atoms with Crippen LogP contribution in [0, 0.1) is 20.8 Å². The summed E-state index contributed by atoms with van der Waals surface area (Å²) in [5, 5.41) is 24.9. The van der Waals surface area contributed by atoms with Crippen LogP contribution in [0.2, 0.25) is 5.15 Å². The maximum Gasteiger partial charge on any atom is 0.253 e. The summed E-state index contributed by atoms with van der Waals surface area (Å²) in [5.41, 5.74) is 14.9. The lowest BCUT2D eigenvalue weighted by molar-refractivity contribution is -0.117. The number of aromatic nitrogens is 3. The minimum atomic E-state index is -0.152. The van der Waals surface area contributed by atoms with Crippen molar-refractivity contribution in [2.45, 2.75) is 33.6 Å². The minimum Gasteiger partial charge on any atom is -0.355 e. The summed E-state index contributed by atoms with van der Waals surface area (Å²) in [6.07, 6.45) is 6.06. The number of carbonyl (C=O) groups excluding carboxylic acids is 5. The SMILES string of the molecule is CNC(=O)c1ccccc1Nc1cc(Cl)ncc1C.CNC(=O)c1ccccc1Nc1cc(Nc2ccc3c(c2)CC(=O)N3C)ncc1C.CNC(=O)c1ccccc1Nc1cc(Nc2ccc3c(c2)CC(=O)N3C)ncc1C. The summed E-state index contributed by atoms with van der Waals surface area (Å²) >= 11 is 5.88. The third-order valence-electron chi connectivity index (χ3n) is 13.1. The molecular formula is C60H60ClN13O5. The lowest BCUT2D eigenvalue weighted by Crippen LogP contribution is -2.20. The Labute approximate surface area is 463 Å². The number of anilines is 12. The number of carbonyl (C=O) groups is 5. The van der Waals surface area contributed by atoms with Gasteiger partial charge in [-0.25, -0.2) is 15.0 Å². The molecule has 0 spiro atoms. The molecule has 5 aromatic carbocycles. The third kappa shape index (κ3) is 13.2. The molecule has 3 aromatic heterocycles. The summed E-state index contributed by atoms with van der Waals surface area (Å²) in [4.78, 5) is 76.2.